The van der Waals surface area contributed by atoms with Gasteiger partial charge < -0.3 is 5.73 Å². The van der Waals surface area contributed by atoms with Gasteiger partial charge in [-0.1, -0.05) is 23.7 Å². The second-order valence-electron chi connectivity index (χ2n) is 3.87. The molecule has 16 heavy (non-hydrogen) atoms. The lowest BCUT2D eigenvalue weighted by molar-refractivity contribution is 0.775. The molecular formula is C12H14ClN3. The highest BCUT2D eigenvalue weighted by Crippen LogP contribution is 2.27. The summed E-state index contributed by atoms with van der Waals surface area (Å²) in [5.74, 6) is 0. The van der Waals surface area contributed by atoms with E-state index in [2.05, 4.69) is 5.10 Å². The van der Waals surface area contributed by atoms with Gasteiger partial charge >= 0.3 is 0 Å². The van der Waals surface area contributed by atoms with Gasteiger partial charge in [-0.05, 0) is 24.6 Å². The summed E-state index contributed by atoms with van der Waals surface area (Å²) in [6.07, 6.45) is 1.77. The van der Waals surface area contributed by atoms with Gasteiger partial charge in [0.1, 0.15) is 0 Å². The number of hydrogen-bond donors (Lipinski definition) is 1. The quantitative estimate of drug-likeness (QED) is 0.870. The van der Waals surface area contributed by atoms with Crippen LogP contribution < -0.4 is 5.73 Å². The molecule has 3 nitrogen and oxygen atoms in total. The lowest BCUT2D eigenvalue weighted by Crippen LogP contribution is -2.05. The average Bonchev–Trinajstić information content (AvgIpc) is 2.63. The normalized spacial score (nSPS) is 12.8. The molecule has 2 N–H and O–H groups in total. The second kappa shape index (κ2) is 4.28. The lowest BCUT2D eigenvalue weighted by atomic mass is 10.0. The second-order valence-corrected chi connectivity index (χ2v) is 4.27. The van der Waals surface area contributed by atoms with Gasteiger partial charge in [-0.15, -0.1) is 0 Å². The number of aryl methyl sites for hydroxylation is 1. The van der Waals surface area contributed by atoms with Gasteiger partial charge in [0.2, 0.25) is 0 Å². The molecule has 4 heteroatoms. The number of nitrogens with zero attached hydrogens (tertiary/aromatic N) is 2. The summed E-state index contributed by atoms with van der Waals surface area (Å²) < 4.78 is 1.82. The van der Waals surface area contributed by atoms with Crippen molar-refractivity contribution in [3.8, 4) is 11.3 Å². The summed E-state index contributed by atoms with van der Waals surface area (Å²) in [6.45, 7) is 1.92. The molecule has 1 aromatic carbocycles. The molecular weight excluding hydrogens is 222 g/mol. The molecule has 0 amide bonds. The molecule has 0 radical (unpaired) electrons. The molecule has 1 aromatic heterocycles. The Kier molecular flexibility index (Phi) is 2.99. The van der Waals surface area contributed by atoms with E-state index in [9.17, 15) is 0 Å². The van der Waals surface area contributed by atoms with Crippen LogP contribution in [-0.2, 0) is 7.05 Å². The number of aromatic nitrogens is 2. The van der Waals surface area contributed by atoms with Crippen molar-refractivity contribution in [2.75, 3.05) is 0 Å². The fourth-order valence-corrected chi connectivity index (χ4v) is 2.07. The maximum atomic E-state index is 6.18. The van der Waals surface area contributed by atoms with Crippen LogP contribution in [0.3, 0.4) is 0 Å². The molecule has 2 aromatic rings. The molecule has 0 bridgehead atoms. The van der Waals surface area contributed by atoms with Crippen LogP contribution in [0, 0.1) is 0 Å². The predicted octanol–water partition coefficient (Wildman–Crippen LogP) is 2.76. The van der Waals surface area contributed by atoms with Gasteiger partial charge in [-0.3, -0.25) is 4.68 Å². The third kappa shape index (κ3) is 1.96. The first-order chi connectivity index (χ1) is 7.59. The largest absolute Gasteiger partial charge is 0.324 e. The van der Waals surface area contributed by atoms with E-state index < -0.39 is 0 Å². The Morgan fingerprint density at radius 3 is 2.62 bits per heavy atom. The first-order valence-corrected chi connectivity index (χ1v) is 5.51. The Labute approximate surface area is 99.8 Å². The summed E-state index contributed by atoms with van der Waals surface area (Å²) in [6, 6.07) is 7.82. The Hall–Kier alpha value is -1.32. The fourth-order valence-electron chi connectivity index (χ4n) is 1.71. The smallest absolute Gasteiger partial charge is 0.0679 e. The highest BCUT2D eigenvalue weighted by molar-refractivity contribution is 6.31. The van der Waals surface area contributed by atoms with E-state index in [-0.39, 0.29) is 6.04 Å². The van der Waals surface area contributed by atoms with Crippen molar-refractivity contribution in [2.45, 2.75) is 13.0 Å². The van der Waals surface area contributed by atoms with Gasteiger partial charge in [0.15, 0.2) is 0 Å². The maximum absolute atomic E-state index is 6.18. The molecule has 84 valence electrons. The molecule has 1 atom stereocenters. The lowest BCUT2D eigenvalue weighted by Gasteiger charge is -2.10. The van der Waals surface area contributed by atoms with Crippen LogP contribution in [0.15, 0.2) is 30.5 Å². The molecule has 0 aliphatic rings. The SMILES string of the molecule is CC(N)c1ccc(-c2ccnn2C)cc1Cl. The van der Waals surface area contributed by atoms with Crippen molar-refractivity contribution in [3.05, 3.63) is 41.0 Å². The molecule has 0 aliphatic heterocycles. The predicted molar refractivity (Wildman–Crippen MR) is 66.3 cm³/mol. The third-order valence-corrected chi connectivity index (χ3v) is 2.94. The Morgan fingerprint density at radius 1 is 1.38 bits per heavy atom. The van der Waals surface area contributed by atoms with Gasteiger partial charge in [0.05, 0.1) is 5.69 Å². The van der Waals surface area contributed by atoms with E-state index in [0.29, 0.717) is 5.02 Å². The van der Waals surface area contributed by atoms with Crippen molar-refractivity contribution >= 4 is 11.6 Å². The van der Waals surface area contributed by atoms with Crippen molar-refractivity contribution < 1.29 is 0 Å². The van der Waals surface area contributed by atoms with E-state index in [4.69, 9.17) is 17.3 Å². The molecule has 1 heterocycles. The minimum atomic E-state index is -0.0481. The number of benzene rings is 1. The summed E-state index contributed by atoms with van der Waals surface area (Å²) in [7, 11) is 1.91. The summed E-state index contributed by atoms with van der Waals surface area (Å²) in [5.41, 5.74) is 8.87. The summed E-state index contributed by atoms with van der Waals surface area (Å²) in [5, 5.41) is 4.83. The minimum Gasteiger partial charge on any atom is -0.324 e. The molecule has 0 spiro atoms. The third-order valence-electron chi connectivity index (χ3n) is 2.61. The molecule has 1 unspecified atom stereocenters. The zero-order valence-corrected chi connectivity index (χ0v) is 10.1. The van der Waals surface area contributed by atoms with Crippen molar-refractivity contribution in [2.24, 2.45) is 12.8 Å². The van der Waals surface area contributed by atoms with Crippen LogP contribution in [0.1, 0.15) is 18.5 Å². The zero-order chi connectivity index (χ0) is 11.7. The minimum absolute atomic E-state index is 0.0481. The summed E-state index contributed by atoms with van der Waals surface area (Å²) in [4.78, 5) is 0. The highest BCUT2D eigenvalue weighted by atomic mass is 35.5. The standard InChI is InChI=1S/C12H14ClN3/c1-8(14)10-4-3-9(7-11(10)13)12-5-6-15-16(12)2/h3-8H,14H2,1-2H3. The number of nitrogens with two attached hydrogens (primary N) is 1. The van der Waals surface area contributed by atoms with E-state index in [0.717, 1.165) is 16.8 Å². The van der Waals surface area contributed by atoms with Crippen LogP contribution in [-0.4, -0.2) is 9.78 Å². The van der Waals surface area contributed by atoms with E-state index in [1.165, 1.54) is 0 Å². The van der Waals surface area contributed by atoms with E-state index in [1.807, 2.05) is 42.9 Å². The maximum Gasteiger partial charge on any atom is 0.0679 e. The van der Waals surface area contributed by atoms with Crippen LogP contribution in [0.4, 0.5) is 0 Å². The molecule has 0 aliphatic carbocycles. The average molecular weight is 236 g/mol. The van der Waals surface area contributed by atoms with Crippen molar-refractivity contribution in [3.63, 3.8) is 0 Å². The van der Waals surface area contributed by atoms with Crippen LogP contribution >= 0.6 is 11.6 Å². The Morgan fingerprint density at radius 2 is 2.12 bits per heavy atom. The Bertz CT molecular complexity index is 503. The number of halogens is 1. The molecule has 2 rings (SSSR count). The molecule has 0 fully saturated rings. The zero-order valence-electron chi connectivity index (χ0n) is 9.31. The molecule has 0 saturated carbocycles. The van der Waals surface area contributed by atoms with Gasteiger partial charge in [-0.2, -0.15) is 5.10 Å². The van der Waals surface area contributed by atoms with Gasteiger partial charge in [0.25, 0.3) is 0 Å². The number of rotatable bonds is 2. The van der Waals surface area contributed by atoms with Crippen LogP contribution in [0.5, 0.6) is 0 Å². The van der Waals surface area contributed by atoms with E-state index in [1.54, 1.807) is 6.20 Å². The topological polar surface area (TPSA) is 43.8 Å². The monoisotopic (exact) mass is 235 g/mol. The first-order valence-electron chi connectivity index (χ1n) is 5.13. The van der Waals surface area contributed by atoms with Crippen LogP contribution in [0.25, 0.3) is 11.3 Å². The van der Waals surface area contributed by atoms with Crippen molar-refractivity contribution in [1.29, 1.82) is 0 Å². The van der Waals surface area contributed by atoms with E-state index >= 15 is 0 Å². The Balaban J connectivity index is 2.46. The first kappa shape index (κ1) is 11.2. The highest BCUT2D eigenvalue weighted by Gasteiger charge is 2.08. The van der Waals surface area contributed by atoms with Crippen molar-refractivity contribution in [1.82, 2.24) is 9.78 Å². The number of hydrogen-bond acceptors (Lipinski definition) is 2. The fraction of sp³-hybridized carbons (Fsp3) is 0.250. The van der Waals surface area contributed by atoms with Gasteiger partial charge in [0, 0.05) is 29.9 Å². The van der Waals surface area contributed by atoms with Gasteiger partial charge in [-0.25, -0.2) is 0 Å². The van der Waals surface area contributed by atoms with Crippen LogP contribution in [0.2, 0.25) is 5.02 Å². The summed E-state index contributed by atoms with van der Waals surface area (Å²) >= 11 is 6.18. The molecule has 0 saturated heterocycles.